The Bertz CT molecular complexity index is 1160. The van der Waals surface area contributed by atoms with Gasteiger partial charge in [-0.3, -0.25) is 4.79 Å². The van der Waals surface area contributed by atoms with Crippen LogP contribution in [0, 0.1) is 18.3 Å². The van der Waals surface area contributed by atoms with Crippen molar-refractivity contribution in [3.63, 3.8) is 0 Å². The SMILES string of the molecule is CC(=O)Oc1ccc([C@H]2C(C#N)=C(N)Oc3c2c(C)nn3-c2ccccc2)cc1. The molecule has 1 atom stereocenters. The molecular weight excluding hydrogens is 368 g/mol. The number of aromatic nitrogens is 2. The van der Waals surface area contributed by atoms with E-state index in [1.165, 1.54) is 6.92 Å². The van der Waals surface area contributed by atoms with Crippen LogP contribution in [0.1, 0.15) is 29.7 Å². The number of nitrogens with two attached hydrogens (primary N) is 1. The lowest BCUT2D eigenvalue weighted by atomic mass is 9.84. The minimum absolute atomic E-state index is 0.0474. The largest absolute Gasteiger partial charge is 0.427 e. The maximum absolute atomic E-state index is 11.2. The van der Waals surface area contributed by atoms with E-state index in [-0.39, 0.29) is 5.88 Å². The van der Waals surface area contributed by atoms with Crippen molar-refractivity contribution >= 4 is 5.97 Å². The number of carbonyl (C=O) groups excluding carboxylic acids is 1. The molecule has 1 aliphatic heterocycles. The van der Waals surface area contributed by atoms with E-state index in [1.54, 1.807) is 16.8 Å². The number of rotatable bonds is 3. The molecule has 0 spiro atoms. The Labute approximate surface area is 167 Å². The first-order chi connectivity index (χ1) is 14.0. The van der Waals surface area contributed by atoms with Crippen LogP contribution in [0.25, 0.3) is 5.69 Å². The fourth-order valence-corrected chi connectivity index (χ4v) is 3.49. The van der Waals surface area contributed by atoms with E-state index >= 15 is 0 Å². The maximum atomic E-state index is 11.2. The molecule has 0 unspecified atom stereocenters. The molecule has 0 radical (unpaired) electrons. The van der Waals surface area contributed by atoms with Gasteiger partial charge in [0.25, 0.3) is 0 Å². The molecule has 3 aromatic rings. The van der Waals surface area contributed by atoms with E-state index in [0.717, 1.165) is 22.5 Å². The molecule has 7 nitrogen and oxygen atoms in total. The summed E-state index contributed by atoms with van der Waals surface area (Å²) in [6.07, 6.45) is 0. The minimum atomic E-state index is -0.437. The average Bonchev–Trinajstić information content (AvgIpc) is 3.04. The highest BCUT2D eigenvalue weighted by Crippen LogP contribution is 2.44. The van der Waals surface area contributed by atoms with Crippen molar-refractivity contribution in [3.05, 3.63) is 82.9 Å². The van der Waals surface area contributed by atoms with E-state index in [4.69, 9.17) is 15.2 Å². The van der Waals surface area contributed by atoms with E-state index in [1.807, 2.05) is 49.4 Å². The zero-order valence-electron chi connectivity index (χ0n) is 15.9. The van der Waals surface area contributed by atoms with E-state index in [0.29, 0.717) is 17.2 Å². The second-order valence-electron chi connectivity index (χ2n) is 6.64. The van der Waals surface area contributed by atoms with Crippen molar-refractivity contribution < 1.29 is 14.3 Å². The van der Waals surface area contributed by atoms with E-state index in [9.17, 15) is 10.1 Å². The molecule has 1 aliphatic rings. The Kier molecular flexibility index (Phi) is 4.53. The van der Waals surface area contributed by atoms with Crippen LogP contribution in [0.4, 0.5) is 0 Å². The van der Waals surface area contributed by atoms with Gasteiger partial charge < -0.3 is 15.2 Å². The summed E-state index contributed by atoms with van der Waals surface area (Å²) < 4.78 is 12.6. The monoisotopic (exact) mass is 386 g/mol. The lowest BCUT2D eigenvalue weighted by Gasteiger charge is -2.25. The molecule has 0 aliphatic carbocycles. The van der Waals surface area contributed by atoms with Gasteiger partial charge in [-0.15, -0.1) is 0 Å². The number of benzene rings is 2. The Balaban J connectivity index is 1.86. The minimum Gasteiger partial charge on any atom is -0.427 e. The number of esters is 1. The van der Waals surface area contributed by atoms with Crippen LogP contribution in [0.2, 0.25) is 0 Å². The van der Waals surface area contributed by atoms with Crippen LogP contribution >= 0.6 is 0 Å². The number of aryl methyl sites for hydroxylation is 1. The molecule has 1 aromatic heterocycles. The normalized spacial score (nSPS) is 15.3. The second-order valence-corrected chi connectivity index (χ2v) is 6.64. The van der Waals surface area contributed by atoms with Crippen molar-refractivity contribution in [2.45, 2.75) is 19.8 Å². The number of ether oxygens (including phenoxy) is 2. The van der Waals surface area contributed by atoms with Crippen molar-refractivity contribution in [1.29, 1.82) is 5.26 Å². The number of hydrogen-bond acceptors (Lipinski definition) is 6. The van der Waals surface area contributed by atoms with Gasteiger partial charge in [0.15, 0.2) is 0 Å². The zero-order chi connectivity index (χ0) is 20.5. The first kappa shape index (κ1) is 18.3. The first-order valence-corrected chi connectivity index (χ1v) is 9.00. The third kappa shape index (κ3) is 3.21. The van der Waals surface area contributed by atoms with Crippen molar-refractivity contribution in [3.8, 4) is 23.4 Å². The standard InChI is InChI=1S/C22H18N4O3/c1-13-19-20(15-8-10-17(11-9-15)28-14(2)27)18(12-23)21(24)29-22(19)26(25-13)16-6-4-3-5-7-16/h3-11,20H,24H2,1-2H3/t20-/m0/s1. The lowest BCUT2D eigenvalue weighted by molar-refractivity contribution is -0.131. The quantitative estimate of drug-likeness (QED) is 0.547. The molecule has 0 amide bonds. The number of hydrogen-bond donors (Lipinski definition) is 1. The summed E-state index contributed by atoms with van der Waals surface area (Å²) in [5.41, 5.74) is 9.58. The zero-order valence-corrected chi connectivity index (χ0v) is 15.9. The molecule has 0 saturated heterocycles. The Morgan fingerprint density at radius 3 is 2.52 bits per heavy atom. The van der Waals surface area contributed by atoms with Crippen molar-refractivity contribution in [1.82, 2.24) is 9.78 Å². The van der Waals surface area contributed by atoms with Gasteiger partial charge in [0, 0.05) is 6.92 Å². The predicted molar refractivity (Wildman–Crippen MR) is 105 cm³/mol. The van der Waals surface area contributed by atoms with E-state index in [2.05, 4.69) is 11.2 Å². The van der Waals surface area contributed by atoms with Crippen LogP contribution < -0.4 is 15.2 Å². The molecule has 2 heterocycles. The molecule has 0 bridgehead atoms. The highest BCUT2D eigenvalue weighted by molar-refractivity contribution is 5.69. The van der Waals surface area contributed by atoms with Crippen LogP contribution in [0.3, 0.4) is 0 Å². The lowest BCUT2D eigenvalue weighted by Crippen LogP contribution is -2.22. The molecule has 4 rings (SSSR count). The summed E-state index contributed by atoms with van der Waals surface area (Å²) in [5, 5.41) is 14.4. The smallest absolute Gasteiger partial charge is 0.308 e. The summed E-state index contributed by atoms with van der Waals surface area (Å²) in [7, 11) is 0. The van der Waals surface area contributed by atoms with Gasteiger partial charge in [0.2, 0.25) is 11.8 Å². The molecular formula is C22H18N4O3. The molecule has 7 heteroatoms. The van der Waals surface area contributed by atoms with Gasteiger partial charge in [0.1, 0.15) is 17.4 Å². The fourth-order valence-electron chi connectivity index (χ4n) is 3.49. The number of nitrogens with zero attached hydrogens (tertiary/aromatic N) is 3. The van der Waals surface area contributed by atoms with Gasteiger partial charge in [0.05, 0.1) is 22.9 Å². The summed E-state index contributed by atoms with van der Waals surface area (Å²) in [6, 6.07) is 18.7. The summed E-state index contributed by atoms with van der Waals surface area (Å²) >= 11 is 0. The van der Waals surface area contributed by atoms with Crippen LogP contribution in [-0.2, 0) is 4.79 Å². The number of allylic oxidation sites excluding steroid dienone is 1. The molecule has 0 saturated carbocycles. The van der Waals surface area contributed by atoms with Crippen molar-refractivity contribution in [2.75, 3.05) is 0 Å². The molecule has 2 N–H and O–H groups in total. The summed E-state index contributed by atoms with van der Waals surface area (Å²) in [6.45, 7) is 3.22. The van der Waals surface area contributed by atoms with E-state index < -0.39 is 11.9 Å². The van der Waals surface area contributed by atoms with Crippen LogP contribution in [-0.4, -0.2) is 15.7 Å². The number of fused-ring (bicyclic) bond motifs is 1. The van der Waals surface area contributed by atoms with Gasteiger partial charge >= 0.3 is 5.97 Å². The molecule has 144 valence electrons. The van der Waals surface area contributed by atoms with Gasteiger partial charge in [-0.2, -0.15) is 10.4 Å². The molecule has 2 aromatic carbocycles. The number of para-hydroxylation sites is 1. The second kappa shape index (κ2) is 7.17. The third-order valence-electron chi connectivity index (χ3n) is 4.71. The Morgan fingerprint density at radius 1 is 1.21 bits per heavy atom. The summed E-state index contributed by atoms with van der Waals surface area (Å²) in [4.78, 5) is 11.2. The highest BCUT2D eigenvalue weighted by Gasteiger charge is 2.36. The molecule has 29 heavy (non-hydrogen) atoms. The Morgan fingerprint density at radius 2 is 1.90 bits per heavy atom. The van der Waals surface area contributed by atoms with Gasteiger partial charge in [-0.1, -0.05) is 30.3 Å². The highest BCUT2D eigenvalue weighted by atomic mass is 16.5. The average molecular weight is 386 g/mol. The third-order valence-corrected chi connectivity index (χ3v) is 4.71. The van der Waals surface area contributed by atoms with Crippen molar-refractivity contribution in [2.24, 2.45) is 5.73 Å². The Hall–Kier alpha value is -4.05. The number of carbonyl (C=O) groups is 1. The van der Waals surface area contributed by atoms with Gasteiger partial charge in [-0.25, -0.2) is 4.68 Å². The van der Waals surface area contributed by atoms with Crippen LogP contribution in [0.5, 0.6) is 11.6 Å². The summed E-state index contributed by atoms with van der Waals surface area (Å²) in [5.74, 6) is 0.131. The maximum Gasteiger partial charge on any atom is 0.308 e. The van der Waals surface area contributed by atoms with Gasteiger partial charge in [-0.05, 0) is 36.8 Å². The predicted octanol–water partition coefficient (Wildman–Crippen LogP) is 3.32. The first-order valence-electron chi connectivity index (χ1n) is 9.00. The fraction of sp³-hybridized carbons (Fsp3) is 0.136. The number of nitriles is 1. The molecule has 0 fully saturated rings. The topological polar surface area (TPSA) is 103 Å². The van der Waals surface area contributed by atoms with Crippen LogP contribution in [0.15, 0.2) is 66.1 Å².